The first kappa shape index (κ1) is 39.3. The van der Waals surface area contributed by atoms with E-state index >= 15 is 0 Å². The van der Waals surface area contributed by atoms with Gasteiger partial charge in [-0.1, -0.05) is 57.4 Å². The number of nitrogens with one attached hydrogen (secondary N) is 4. The van der Waals surface area contributed by atoms with Crippen LogP contribution in [0, 0.1) is 4.64 Å². The van der Waals surface area contributed by atoms with Crippen molar-refractivity contribution in [3.63, 3.8) is 0 Å². The van der Waals surface area contributed by atoms with Crippen molar-refractivity contribution in [3.05, 3.63) is 23.2 Å². The minimum atomic E-state index is 0. The fraction of sp³-hybridized carbons (Fsp3) is 0.625. The molecule has 0 spiro atoms. The van der Waals surface area contributed by atoms with Crippen LogP contribution in [0.25, 0.3) is 0 Å². The molecule has 0 aliphatic rings. The van der Waals surface area contributed by atoms with Gasteiger partial charge in [0.15, 0.2) is 0 Å². The van der Waals surface area contributed by atoms with E-state index < -0.39 is 0 Å². The number of aromatic nitrogens is 9. The molecule has 0 aliphatic heterocycles. The van der Waals surface area contributed by atoms with Gasteiger partial charge in [0.2, 0.25) is 0 Å². The Morgan fingerprint density at radius 3 is 1.58 bits per heavy atom. The average molecular weight is 761 g/mol. The molecule has 17 heteroatoms. The Hall–Kier alpha value is 1.76. The minimum Gasteiger partial charge on any atom is -1.00 e. The predicted molar refractivity (Wildman–Crippen MR) is 149 cm³/mol. The molecule has 10 nitrogen and oxygen atoms in total. The quantitative estimate of drug-likeness (QED) is 0.0435. The summed E-state index contributed by atoms with van der Waals surface area (Å²) in [6.45, 7) is 1.93. The maximum atomic E-state index is 7.57. The maximum absolute atomic E-state index is 7.57. The van der Waals surface area contributed by atoms with E-state index in [0.717, 1.165) is 21.6 Å². The summed E-state index contributed by atoms with van der Waals surface area (Å²) in [6.07, 6.45) is 10.1. The van der Waals surface area contributed by atoms with Crippen LogP contribution in [-0.4, -0.2) is 78.3 Å². The molecule has 0 unspecified atom stereocenters. The Bertz CT molecular complexity index is 705. The molecule has 5 N–H and O–H groups in total. The molecule has 3 heterocycles. The van der Waals surface area contributed by atoms with E-state index in [0.29, 0.717) is 4.64 Å². The van der Waals surface area contributed by atoms with E-state index in [4.69, 9.17) is 5.11 Å². The maximum Gasteiger partial charge on any atom is 1.00 e. The Morgan fingerprint density at radius 1 is 0.879 bits per heavy atom. The van der Waals surface area contributed by atoms with Crippen molar-refractivity contribution < 1.29 is 67.1 Å². The van der Waals surface area contributed by atoms with E-state index in [9.17, 15) is 0 Å². The normalized spacial score (nSPS) is 8.97. The fourth-order valence-corrected chi connectivity index (χ4v) is 4.24. The number of thioether (sulfide) groups is 2. The molecule has 0 radical (unpaired) electrons. The van der Waals surface area contributed by atoms with Crippen molar-refractivity contribution in [1.82, 2.24) is 46.2 Å². The second kappa shape index (κ2) is 31.8. The van der Waals surface area contributed by atoms with Gasteiger partial charge in [0.05, 0.1) is 18.6 Å². The molecule has 0 fully saturated rings. The van der Waals surface area contributed by atoms with Crippen LogP contribution in [0.2, 0.25) is 0 Å². The number of H-pyrrole nitrogens is 4. The van der Waals surface area contributed by atoms with Crippen LogP contribution in [0.4, 0.5) is 0 Å². The molecule has 3 aromatic heterocycles. The van der Waals surface area contributed by atoms with Crippen molar-refractivity contribution in [1.29, 1.82) is 0 Å². The standard InChI is InChI=1S/C8H12N6S2.C4H8I2.C2H3N3S.C2H6O.2Na.2H/c1(3-15-7-5-9-13-11-7)2-4-16-8-6-10-14-12-8;5-3-1-2-4-6;6-2-1-3-5-4-2;1-2-3;;;;/h5-6H,1-4H2,(H,9,11,13)(H,10,12,14);1-4H2;1H,(H2,3,4,5,6);3H,2H2,1H3;;;;/q;;;;2*+1;2*-1. The molecule has 0 saturated heterocycles. The van der Waals surface area contributed by atoms with E-state index in [1.165, 1.54) is 40.7 Å². The second-order valence-electron chi connectivity index (χ2n) is 5.28. The van der Waals surface area contributed by atoms with E-state index in [2.05, 4.69) is 104 Å². The smallest absolute Gasteiger partial charge is 1.00 e. The van der Waals surface area contributed by atoms with Gasteiger partial charge in [-0.05, 0) is 53.0 Å². The number of aliphatic hydroxyl groups is 1. The number of alkyl halides is 2. The van der Waals surface area contributed by atoms with Crippen LogP contribution in [0.5, 0.6) is 0 Å². The van der Waals surface area contributed by atoms with Gasteiger partial charge < -0.3 is 7.96 Å². The number of rotatable bonds is 10. The van der Waals surface area contributed by atoms with Crippen LogP contribution in [-0.2, 0) is 0 Å². The van der Waals surface area contributed by atoms with Crippen molar-refractivity contribution in [2.75, 3.05) is 27.0 Å². The van der Waals surface area contributed by atoms with Crippen LogP contribution in [0.3, 0.4) is 0 Å². The molecule has 0 aliphatic carbocycles. The number of hydrogen-bond acceptors (Lipinski definition) is 9. The van der Waals surface area contributed by atoms with E-state index in [1.54, 1.807) is 42.8 Å². The zero-order valence-corrected chi connectivity index (χ0v) is 30.0. The van der Waals surface area contributed by atoms with Crippen LogP contribution in [0.1, 0.15) is 35.5 Å². The third kappa shape index (κ3) is 28.2. The summed E-state index contributed by atoms with van der Waals surface area (Å²) < 4.78 is 3.27. The summed E-state index contributed by atoms with van der Waals surface area (Å²) in [5, 5.41) is 38.7. The summed E-state index contributed by atoms with van der Waals surface area (Å²) in [5.41, 5.74) is 0. The van der Waals surface area contributed by atoms with Crippen molar-refractivity contribution in [2.45, 2.75) is 42.7 Å². The minimum absolute atomic E-state index is 0. The number of nitrogens with zero attached hydrogens (tertiary/aromatic N) is 5. The first-order valence-electron chi connectivity index (χ1n) is 9.45. The molecule has 3 aromatic rings. The van der Waals surface area contributed by atoms with Crippen molar-refractivity contribution in [2.24, 2.45) is 0 Å². The van der Waals surface area contributed by atoms with Crippen molar-refractivity contribution in [3.8, 4) is 0 Å². The third-order valence-corrected chi connectivity index (χ3v) is 6.47. The molecular formula is C16H31I2N9Na2OS3. The molecule has 3 rings (SSSR count). The van der Waals surface area contributed by atoms with Gasteiger partial charge in [0, 0.05) is 6.61 Å². The number of unbranched alkanes of at least 4 members (excludes halogenated alkanes) is 2. The van der Waals surface area contributed by atoms with Gasteiger partial charge in [-0.15, -0.1) is 33.7 Å². The molecule has 0 bridgehead atoms. The van der Waals surface area contributed by atoms with Gasteiger partial charge in [-0.2, -0.15) is 25.7 Å². The molecular weight excluding hydrogens is 730 g/mol. The molecule has 180 valence electrons. The van der Waals surface area contributed by atoms with Gasteiger partial charge in [-0.3, -0.25) is 5.10 Å². The molecule has 33 heavy (non-hydrogen) atoms. The first-order valence-corrected chi connectivity index (χ1v) is 14.9. The zero-order chi connectivity index (χ0) is 23.0. The third-order valence-electron chi connectivity index (χ3n) is 2.77. The van der Waals surface area contributed by atoms with Gasteiger partial charge in [0.25, 0.3) is 0 Å². The monoisotopic (exact) mass is 761 g/mol. The van der Waals surface area contributed by atoms with Crippen LogP contribution < -0.4 is 59.1 Å². The average Bonchev–Trinajstić information content (AvgIpc) is 3.55. The first-order chi connectivity index (χ1) is 15.2. The van der Waals surface area contributed by atoms with Gasteiger partial charge in [0.1, 0.15) is 14.7 Å². The van der Waals surface area contributed by atoms with Crippen LogP contribution >= 0.6 is 80.9 Å². The number of hydrogen-bond donors (Lipinski definition) is 5. The number of aliphatic hydroxyl groups excluding tert-OH is 1. The summed E-state index contributed by atoms with van der Waals surface area (Å²) in [4.78, 5) is 0. The Labute approximate surface area is 283 Å². The fourth-order valence-electron chi connectivity index (χ4n) is 1.48. The van der Waals surface area contributed by atoms with Crippen molar-refractivity contribution >= 4 is 80.9 Å². The summed E-state index contributed by atoms with van der Waals surface area (Å²) in [7, 11) is 0. The molecule has 0 amide bonds. The predicted octanol–water partition coefficient (Wildman–Crippen LogP) is -1.08. The van der Waals surface area contributed by atoms with E-state index in [1.807, 2.05) is 0 Å². The molecule has 0 saturated carbocycles. The Morgan fingerprint density at radius 2 is 1.33 bits per heavy atom. The summed E-state index contributed by atoms with van der Waals surface area (Å²) >= 11 is 12.9. The zero-order valence-electron chi connectivity index (χ0n) is 21.3. The topological polar surface area (TPSA) is 148 Å². The van der Waals surface area contributed by atoms with Crippen LogP contribution in [0.15, 0.2) is 28.6 Å². The summed E-state index contributed by atoms with van der Waals surface area (Å²) in [6, 6.07) is 0. The Balaban J connectivity index is -0.000000134. The summed E-state index contributed by atoms with van der Waals surface area (Å²) in [5.74, 6) is 2.15. The van der Waals surface area contributed by atoms with Gasteiger partial charge in [-0.25, -0.2) is 5.21 Å². The molecule has 0 aromatic carbocycles. The largest absolute Gasteiger partial charge is 1.00 e. The number of halogens is 2. The second-order valence-corrected chi connectivity index (χ2v) is 10.1. The van der Waals surface area contributed by atoms with Gasteiger partial charge >= 0.3 is 59.1 Å². The SMILES string of the molecule is CCO.ICCCCI.S=c1cn[nH][nH]1.[H-].[H-].[Na+].[Na+].c1n[nH]nc1SCCCCSc1cn[nH]n1. The Kier molecular flexibility index (Phi) is 37.8. The molecule has 0 atom stereocenters. The number of aromatic amines is 4. The van der Waals surface area contributed by atoms with E-state index in [-0.39, 0.29) is 68.6 Å².